The number of nitrogen functional groups attached to an aromatic ring is 1. The molecule has 0 bridgehead atoms. The fourth-order valence-electron chi connectivity index (χ4n) is 1.86. The van der Waals surface area contributed by atoms with Crippen LogP contribution in [0.15, 0.2) is 46.9 Å². The van der Waals surface area contributed by atoms with E-state index in [0.29, 0.717) is 22.1 Å². The van der Waals surface area contributed by atoms with Gasteiger partial charge in [-0.15, -0.1) is 5.10 Å². The number of hydrogen-bond donors (Lipinski definition) is 1. The molecule has 2 aromatic carbocycles. The van der Waals surface area contributed by atoms with Crippen molar-refractivity contribution in [2.24, 2.45) is 0 Å². The van der Waals surface area contributed by atoms with E-state index >= 15 is 0 Å². The van der Waals surface area contributed by atoms with Crippen LogP contribution in [-0.4, -0.2) is 20.2 Å². The molecular weight excluding hydrogens is 342 g/mol. The van der Waals surface area contributed by atoms with Gasteiger partial charge in [0, 0.05) is 20.7 Å². The Morgan fingerprint density at radius 1 is 1.15 bits per heavy atom. The predicted molar refractivity (Wildman–Crippen MR) is 81.7 cm³/mol. The van der Waals surface area contributed by atoms with Gasteiger partial charge in [-0.1, -0.05) is 23.7 Å². The number of hydrogen-bond acceptors (Lipinski definition) is 4. The summed E-state index contributed by atoms with van der Waals surface area (Å²) in [7, 11) is 0. The Hall–Kier alpha value is -1.92. The monoisotopic (exact) mass is 349 g/mol. The molecule has 3 aromatic rings. The number of tetrazole rings is 1. The summed E-state index contributed by atoms with van der Waals surface area (Å²) >= 11 is 9.50. The standard InChI is InChI=1S/C13H9BrClN5/c14-10-3-1-2-4-12(10)20-13(17-18-19-20)9-7-8(15)5-6-11(9)16/h1-7H,16H2. The minimum Gasteiger partial charge on any atom is -0.398 e. The van der Waals surface area contributed by atoms with Crippen LogP contribution in [0.5, 0.6) is 0 Å². The van der Waals surface area contributed by atoms with Gasteiger partial charge in [-0.2, -0.15) is 4.68 Å². The van der Waals surface area contributed by atoms with Gasteiger partial charge in [0.2, 0.25) is 0 Å². The quantitative estimate of drug-likeness (QED) is 0.720. The number of nitrogens with zero attached hydrogens (tertiary/aromatic N) is 4. The van der Waals surface area contributed by atoms with E-state index in [9.17, 15) is 0 Å². The van der Waals surface area contributed by atoms with Crippen molar-refractivity contribution in [2.75, 3.05) is 5.73 Å². The van der Waals surface area contributed by atoms with Crippen molar-refractivity contribution < 1.29 is 0 Å². The zero-order valence-corrected chi connectivity index (χ0v) is 12.5. The molecule has 3 rings (SSSR count). The number of nitrogens with two attached hydrogens (primary N) is 1. The Morgan fingerprint density at radius 3 is 2.75 bits per heavy atom. The van der Waals surface area contributed by atoms with Crippen molar-refractivity contribution >= 4 is 33.2 Å². The number of halogens is 2. The summed E-state index contributed by atoms with van der Waals surface area (Å²) < 4.78 is 2.50. The molecule has 2 N–H and O–H groups in total. The first-order chi connectivity index (χ1) is 9.66. The van der Waals surface area contributed by atoms with E-state index in [1.807, 2.05) is 24.3 Å². The maximum atomic E-state index is 6.02. The average molecular weight is 351 g/mol. The van der Waals surface area contributed by atoms with Crippen LogP contribution in [0, 0.1) is 0 Å². The molecule has 0 amide bonds. The maximum Gasteiger partial charge on any atom is 0.189 e. The smallest absolute Gasteiger partial charge is 0.189 e. The molecule has 0 aliphatic rings. The van der Waals surface area contributed by atoms with Gasteiger partial charge in [0.15, 0.2) is 5.82 Å². The molecule has 100 valence electrons. The molecule has 0 aliphatic heterocycles. The van der Waals surface area contributed by atoms with Gasteiger partial charge in [0.25, 0.3) is 0 Å². The van der Waals surface area contributed by atoms with Crippen molar-refractivity contribution in [2.45, 2.75) is 0 Å². The van der Waals surface area contributed by atoms with Crippen molar-refractivity contribution in [1.29, 1.82) is 0 Å². The number of para-hydroxylation sites is 1. The highest BCUT2D eigenvalue weighted by Crippen LogP contribution is 2.30. The highest BCUT2D eigenvalue weighted by molar-refractivity contribution is 9.10. The van der Waals surface area contributed by atoms with Crippen molar-refractivity contribution in [3.8, 4) is 17.1 Å². The second kappa shape index (κ2) is 5.22. The minimum atomic E-state index is 0.539. The highest BCUT2D eigenvalue weighted by atomic mass is 79.9. The lowest BCUT2D eigenvalue weighted by molar-refractivity contribution is 0.789. The molecule has 20 heavy (non-hydrogen) atoms. The molecule has 5 nitrogen and oxygen atoms in total. The minimum absolute atomic E-state index is 0.539. The second-order valence-corrected chi connectivity index (χ2v) is 5.39. The molecule has 1 heterocycles. The molecule has 0 saturated carbocycles. The molecule has 1 aromatic heterocycles. The van der Waals surface area contributed by atoms with Gasteiger partial charge in [0.05, 0.1) is 5.69 Å². The Morgan fingerprint density at radius 2 is 1.95 bits per heavy atom. The van der Waals surface area contributed by atoms with Crippen molar-refractivity contribution in [3.63, 3.8) is 0 Å². The van der Waals surface area contributed by atoms with Crippen molar-refractivity contribution in [1.82, 2.24) is 20.2 Å². The SMILES string of the molecule is Nc1ccc(Cl)cc1-c1nnnn1-c1ccccc1Br. The van der Waals surface area contributed by atoms with Crippen LogP contribution >= 0.6 is 27.5 Å². The van der Waals surface area contributed by atoms with Crippen LogP contribution in [-0.2, 0) is 0 Å². The van der Waals surface area contributed by atoms with Crippen LogP contribution in [0.25, 0.3) is 17.1 Å². The Kier molecular flexibility index (Phi) is 3.42. The number of benzene rings is 2. The maximum absolute atomic E-state index is 6.02. The second-order valence-electron chi connectivity index (χ2n) is 4.10. The summed E-state index contributed by atoms with van der Waals surface area (Å²) in [6, 6.07) is 12.9. The van der Waals surface area contributed by atoms with E-state index in [1.165, 1.54) is 0 Å². The average Bonchev–Trinajstić information content (AvgIpc) is 2.91. The van der Waals surface area contributed by atoms with Gasteiger partial charge >= 0.3 is 0 Å². The van der Waals surface area contributed by atoms with E-state index in [-0.39, 0.29) is 0 Å². The summed E-state index contributed by atoms with van der Waals surface area (Å²) in [5.41, 5.74) is 8.07. The Labute approximate surface area is 128 Å². The lowest BCUT2D eigenvalue weighted by Gasteiger charge is -2.08. The first kappa shape index (κ1) is 13.1. The van der Waals surface area contributed by atoms with Crippen LogP contribution in [0.4, 0.5) is 5.69 Å². The molecule has 0 unspecified atom stereocenters. The van der Waals surface area contributed by atoms with E-state index in [0.717, 1.165) is 10.2 Å². The van der Waals surface area contributed by atoms with Crippen LogP contribution in [0.2, 0.25) is 5.02 Å². The van der Waals surface area contributed by atoms with Crippen LogP contribution < -0.4 is 5.73 Å². The number of aromatic nitrogens is 4. The van der Waals surface area contributed by atoms with E-state index in [4.69, 9.17) is 17.3 Å². The molecule has 7 heteroatoms. The van der Waals surface area contributed by atoms with E-state index < -0.39 is 0 Å². The summed E-state index contributed by atoms with van der Waals surface area (Å²) in [5, 5.41) is 12.4. The summed E-state index contributed by atoms with van der Waals surface area (Å²) in [6.07, 6.45) is 0. The molecule has 0 aliphatic carbocycles. The third kappa shape index (κ3) is 2.28. The highest BCUT2D eigenvalue weighted by Gasteiger charge is 2.15. The fraction of sp³-hybridized carbons (Fsp3) is 0. The zero-order chi connectivity index (χ0) is 14.1. The molecule has 0 fully saturated rings. The largest absolute Gasteiger partial charge is 0.398 e. The van der Waals surface area contributed by atoms with Crippen LogP contribution in [0.3, 0.4) is 0 Å². The van der Waals surface area contributed by atoms with Crippen molar-refractivity contribution in [3.05, 3.63) is 52.0 Å². The van der Waals surface area contributed by atoms with Gasteiger partial charge in [-0.25, -0.2) is 0 Å². The summed E-state index contributed by atoms with van der Waals surface area (Å²) in [4.78, 5) is 0. The van der Waals surface area contributed by atoms with E-state index in [1.54, 1.807) is 22.9 Å². The third-order valence-electron chi connectivity index (χ3n) is 2.81. The fourth-order valence-corrected chi connectivity index (χ4v) is 2.49. The first-order valence-corrected chi connectivity index (χ1v) is 6.92. The molecule has 0 radical (unpaired) electrons. The molecular formula is C13H9BrClN5. The Balaban J connectivity index is 2.21. The zero-order valence-electron chi connectivity index (χ0n) is 10.2. The van der Waals surface area contributed by atoms with Gasteiger partial charge < -0.3 is 5.73 Å². The predicted octanol–water partition coefficient (Wildman–Crippen LogP) is 3.33. The summed E-state index contributed by atoms with van der Waals surface area (Å²) in [6.45, 7) is 0. The first-order valence-electron chi connectivity index (χ1n) is 5.75. The normalized spacial score (nSPS) is 10.7. The number of rotatable bonds is 2. The summed E-state index contributed by atoms with van der Waals surface area (Å²) in [5.74, 6) is 0.539. The molecule has 0 spiro atoms. The number of anilines is 1. The Bertz CT molecular complexity index is 771. The third-order valence-corrected chi connectivity index (χ3v) is 3.71. The lowest BCUT2D eigenvalue weighted by atomic mass is 10.1. The van der Waals surface area contributed by atoms with E-state index in [2.05, 4.69) is 31.5 Å². The van der Waals surface area contributed by atoms with Crippen LogP contribution in [0.1, 0.15) is 0 Å². The lowest BCUT2D eigenvalue weighted by Crippen LogP contribution is -2.02. The van der Waals surface area contributed by atoms with Gasteiger partial charge in [-0.05, 0) is 56.7 Å². The molecule has 0 atom stereocenters. The van der Waals surface area contributed by atoms with Gasteiger partial charge in [-0.3, -0.25) is 0 Å². The molecule has 0 saturated heterocycles. The topological polar surface area (TPSA) is 69.6 Å². The van der Waals surface area contributed by atoms with Gasteiger partial charge in [0.1, 0.15) is 0 Å².